The van der Waals surface area contributed by atoms with Crippen molar-refractivity contribution in [1.29, 1.82) is 5.26 Å². The second-order valence-corrected chi connectivity index (χ2v) is 3.67. The van der Waals surface area contributed by atoms with E-state index in [1.54, 1.807) is 12.1 Å². The van der Waals surface area contributed by atoms with E-state index in [0.29, 0.717) is 16.0 Å². The van der Waals surface area contributed by atoms with Crippen LogP contribution in [0.2, 0.25) is 0 Å². The molecule has 0 bridgehead atoms. The van der Waals surface area contributed by atoms with Crippen molar-refractivity contribution in [2.75, 3.05) is 7.11 Å². The van der Waals surface area contributed by atoms with E-state index in [1.807, 2.05) is 6.07 Å². The van der Waals surface area contributed by atoms with Crippen molar-refractivity contribution in [2.24, 2.45) is 5.73 Å². The third-order valence-corrected chi connectivity index (χ3v) is 2.69. The highest BCUT2D eigenvalue weighted by Gasteiger charge is 2.09. The lowest BCUT2D eigenvalue weighted by molar-refractivity contribution is -0.139. The highest BCUT2D eigenvalue weighted by molar-refractivity contribution is 7.80. The number of methoxy groups -OCH3 is 1. The molecule has 0 aromatic heterocycles. The monoisotopic (exact) mass is 236 g/mol. The molecule has 84 valence electrons. The summed E-state index contributed by atoms with van der Waals surface area (Å²) in [5.74, 6) is -0.348. The van der Waals surface area contributed by atoms with Crippen LogP contribution in [0.1, 0.15) is 16.7 Å². The normalized spacial score (nSPS) is 9.62. The summed E-state index contributed by atoms with van der Waals surface area (Å²) in [7, 11) is 1.32. The maximum absolute atomic E-state index is 11.1. The van der Waals surface area contributed by atoms with Gasteiger partial charge in [-0.15, -0.1) is 12.6 Å². The predicted octanol–water partition coefficient (Wildman–Crippen LogP) is 1.02. The molecule has 0 saturated heterocycles. The lowest BCUT2D eigenvalue weighted by atomic mass is 10.0. The summed E-state index contributed by atoms with van der Waals surface area (Å²) in [6.07, 6.45) is 0.131. The first-order chi connectivity index (χ1) is 7.62. The second kappa shape index (κ2) is 5.54. The minimum Gasteiger partial charge on any atom is -0.469 e. The van der Waals surface area contributed by atoms with Crippen molar-refractivity contribution in [3.05, 3.63) is 28.8 Å². The van der Waals surface area contributed by atoms with Gasteiger partial charge in [0.1, 0.15) is 6.07 Å². The van der Waals surface area contributed by atoms with Crippen LogP contribution in [0, 0.1) is 11.3 Å². The van der Waals surface area contributed by atoms with Gasteiger partial charge in [-0.05, 0) is 17.2 Å². The van der Waals surface area contributed by atoms with Crippen molar-refractivity contribution in [3.8, 4) is 6.07 Å². The Morgan fingerprint density at radius 3 is 2.81 bits per heavy atom. The van der Waals surface area contributed by atoms with Crippen LogP contribution in [-0.4, -0.2) is 13.1 Å². The first-order valence-electron chi connectivity index (χ1n) is 4.64. The Bertz CT molecular complexity index is 452. The number of ether oxygens (including phenoxy) is 1. The Hall–Kier alpha value is -1.51. The first kappa shape index (κ1) is 12.6. The number of nitrogens with zero attached hydrogens (tertiary/aromatic N) is 1. The molecule has 16 heavy (non-hydrogen) atoms. The number of benzene rings is 1. The Morgan fingerprint density at radius 2 is 2.31 bits per heavy atom. The lowest BCUT2D eigenvalue weighted by Gasteiger charge is -2.07. The van der Waals surface area contributed by atoms with Crippen LogP contribution in [0.15, 0.2) is 17.0 Å². The Kier molecular flexibility index (Phi) is 4.35. The van der Waals surface area contributed by atoms with Gasteiger partial charge in [0.25, 0.3) is 0 Å². The van der Waals surface area contributed by atoms with Crippen LogP contribution in [-0.2, 0) is 22.5 Å². The van der Waals surface area contributed by atoms with Gasteiger partial charge in [-0.25, -0.2) is 0 Å². The SMILES string of the molecule is COC(=O)Cc1cc(C#N)c(S)c(CN)c1. The third kappa shape index (κ3) is 2.75. The summed E-state index contributed by atoms with van der Waals surface area (Å²) in [4.78, 5) is 11.7. The minimum atomic E-state index is -0.348. The van der Waals surface area contributed by atoms with Gasteiger partial charge in [-0.2, -0.15) is 5.26 Å². The molecule has 0 unspecified atom stereocenters. The van der Waals surface area contributed by atoms with Crippen molar-refractivity contribution >= 4 is 18.6 Å². The number of esters is 1. The zero-order valence-electron chi connectivity index (χ0n) is 8.86. The number of nitrogens with two attached hydrogens (primary N) is 1. The molecule has 0 saturated carbocycles. The van der Waals surface area contributed by atoms with Gasteiger partial charge in [0, 0.05) is 11.4 Å². The van der Waals surface area contributed by atoms with Crippen LogP contribution in [0.3, 0.4) is 0 Å². The summed E-state index contributed by atoms with van der Waals surface area (Å²) in [6.45, 7) is 0.280. The van der Waals surface area contributed by atoms with E-state index in [2.05, 4.69) is 17.4 Å². The topological polar surface area (TPSA) is 76.1 Å². The quantitative estimate of drug-likeness (QED) is 0.607. The fourth-order valence-electron chi connectivity index (χ4n) is 1.34. The van der Waals surface area contributed by atoms with Crippen molar-refractivity contribution in [2.45, 2.75) is 17.9 Å². The Labute approximate surface area is 99.4 Å². The summed E-state index contributed by atoms with van der Waals surface area (Å²) in [5, 5.41) is 8.90. The van der Waals surface area contributed by atoms with Crippen LogP contribution < -0.4 is 5.73 Å². The predicted molar refractivity (Wildman–Crippen MR) is 62.0 cm³/mol. The van der Waals surface area contributed by atoms with Gasteiger partial charge in [0.2, 0.25) is 0 Å². The molecule has 0 aliphatic rings. The summed E-state index contributed by atoms with van der Waals surface area (Å²) in [5.41, 5.74) is 7.41. The molecule has 0 aliphatic carbocycles. The molecule has 0 spiro atoms. The smallest absolute Gasteiger partial charge is 0.309 e. The molecule has 2 N–H and O–H groups in total. The van der Waals surface area contributed by atoms with Crippen LogP contribution in [0.25, 0.3) is 0 Å². The fourth-order valence-corrected chi connectivity index (χ4v) is 1.61. The van der Waals surface area contributed by atoms with Gasteiger partial charge in [-0.3, -0.25) is 4.79 Å². The molecule has 1 rings (SSSR count). The molecule has 5 heteroatoms. The van der Waals surface area contributed by atoms with E-state index >= 15 is 0 Å². The minimum absolute atomic E-state index is 0.131. The standard InChI is InChI=1S/C11H12N2O2S/c1-15-10(14)4-7-2-8(5-12)11(16)9(3-7)6-13/h2-3,16H,4-5,12H2,1H3. The number of carbonyl (C=O) groups is 1. The Balaban J connectivity index is 3.13. The highest BCUT2D eigenvalue weighted by atomic mass is 32.1. The number of thiol groups is 1. The molecule has 1 aromatic carbocycles. The maximum atomic E-state index is 11.1. The summed E-state index contributed by atoms with van der Waals surface area (Å²) in [6, 6.07) is 5.40. The van der Waals surface area contributed by atoms with Crippen molar-refractivity contribution in [3.63, 3.8) is 0 Å². The van der Waals surface area contributed by atoms with E-state index in [4.69, 9.17) is 11.0 Å². The maximum Gasteiger partial charge on any atom is 0.309 e. The van der Waals surface area contributed by atoms with E-state index in [1.165, 1.54) is 7.11 Å². The van der Waals surface area contributed by atoms with Gasteiger partial charge in [-0.1, -0.05) is 6.07 Å². The summed E-state index contributed by atoms with van der Waals surface area (Å²) >= 11 is 4.21. The van der Waals surface area contributed by atoms with Crippen molar-refractivity contribution in [1.82, 2.24) is 0 Å². The van der Waals surface area contributed by atoms with E-state index in [-0.39, 0.29) is 18.9 Å². The number of hydrogen-bond acceptors (Lipinski definition) is 5. The zero-order chi connectivity index (χ0) is 12.1. The molecule has 4 nitrogen and oxygen atoms in total. The molecule has 0 fully saturated rings. The molecular weight excluding hydrogens is 224 g/mol. The average Bonchev–Trinajstić information content (AvgIpc) is 2.30. The number of nitriles is 1. The van der Waals surface area contributed by atoms with Gasteiger partial charge >= 0.3 is 5.97 Å². The van der Waals surface area contributed by atoms with Crippen LogP contribution in [0.4, 0.5) is 0 Å². The first-order valence-corrected chi connectivity index (χ1v) is 5.08. The zero-order valence-corrected chi connectivity index (χ0v) is 9.75. The lowest BCUT2D eigenvalue weighted by Crippen LogP contribution is -2.07. The number of hydrogen-bond donors (Lipinski definition) is 2. The van der Waals surface area contributed by atoms with Gasteiger partial charge in [0.15, 0.2) is 0 Å². The fraction of sp³-hybridized carbons (Fsp3) is 0.273. The molecule has 0 atom stereocenters. The van der Waals surface area contributed by atoms with E-state index < -0.39 is 0 Å². The molecule has 0 amide bonds. The molecular formula is C11H12N2O2S. The second-order valence-electron chi connectivity index (χ2n) is 3.22. The third-order valence-electron chi connectivity index (χ3n) is 2.17. The van der Waals surface area contributed by atoms with Gasteiger partial charge in [0.05, 0.1) is 19.1 Å². The highest BCUT2D eigenvalue weighted by Crippen LogP contribution is 2.21. The molecule has 0 radical (unpaired) electrons. The largest absolute Gasteiger partial charge is 0.469 e. The molecule has 0 aliphatic heterocycles. The summed E-state index contributed by atoms with van der Waals surface area (Å²) < 4.78 is 4.56. The van der Waals surface area contributed by atoms with Gasteiger partial charge < -0.3 is 10.5 Å². The molecule has 0 heterocycles. The number of carbonyl (C=O) groups excluding carboxylic acids is 1. The number of rotatable bonds is 3. The van der Waals surface area contributed by atoms with Crippen LogP contribution in [0.5, 0.6) is 0 Å². The van der Waals surface area contributed by atoms with Crippen molar-refractivity contribution < 1.29 is 9.53 Å². The van der Waals surface area contributed by atoms with Crippen LogP contribution >= 0.6 is 12.6 Å². The van der Waals surface area contributed by atoms with E-state index in [9.17, 15) is 4.79 Å². The Morgan fingerprint density at radius 1 is 1.62 bits per heavy atom. The average molecular weight is 236 g/mol. The van der Waals surface area contributed by atoms with E-state index in [0.717, 1.165) is 5.56 Å². The molecule has 1 aromatic rings.